The smallest absolute Gasteiger partial charge is 0.304 e. The lowest BCUT2D eigenvalue weighted by Gasteiger charge is -2.25. The molecule has 33 heavy (non-hydrogen) atoms. The molecule has 1 aliphatic carbocycles. The summed E-state index contributed by atoms with van der Waals surface area (Å²) in [5.74, 6) is -1.57. The van der Waals surface area contributed by atoms with Gasteiger partial charge in [-0.15, -0.1) is 0 Å². The lowest BCUT2D eigenvalue weighted by molar-refractivity contribution is -0.137. The summed E-state index contributed by atoms with van der Waals surface area (Å²) in [7, 11) is -3.79. The molecule has 0 saturated carbocycles. The van der Waals surface area contributed by atoms with Crippen molar-refractivity contribution >= 4 is 38.3 Å². The Labute approximate surface area is 199 Å². The van der Waals surface area contributed by atoms with Gasteiger partial charge in [0.25, 0.3) is 1.43 Å². The fourth-order valence-electron chi connectivity index (χ4n) is 5.62. The van der Waals surface area contributed by atoms with Crippen molar-refractivity contribution in [3.63, 3.8) is 0 Å². The van der Waals surface area contributed by atoms with Gasteiger partial charge in [0.05, 0.1) is 22.9 Å². The summed E-state index contributed by atoms with van der Waals surface area (Å²) >= 11 is 6.18. The van der Waals surface area contributed by atoms with Gasteiger partial charge in [-0.25, -0.2) is 12.8 Å². The number of carbonyl (C=O) groups is 1. The number of benzene rings is 2. The van der Waals surface area contributed by atoms with Gasteiger partial charge in [-0.1, -0.05) is 24.6 Å². The van der Waals surface area contributed by atoms with Gasteiger partial charge in [-0.05, 0) is 68.0 Å². The van der Waals surface area contributed by atoms with Crippen LogP contribution in [0, 0.1) is 19.7 Å². The van der Waals surface area contributed by atoms with Gasteiger partial charge in [0.1, 0.15) is 5.82 Å². The van der Waals surface area contributed by atoms with E-state index in [9.17, 15) is 13.2 Å². The molecule has 4 rings (SSSR count). The van der Waals surface area contributed by atoms with Gasteiger partial charge in [-0.3, -0.25) is 4.79 Å². The molecule has 0 fully saturated rings. The van der Waals surface area contributed by atoms with Crippen LogP contribution in [0.4, 0.5) is 4.39 Å². The van der Waals surface area contributed by atoms with Crippen molar-refractivity contribution in [1.29, 1.82) is 1.43 Å². The molecule has 8 heteroatoms. The predicted molar refractivity (Wildman–Crippen MR) is 128 cm³/mol. The van der Waals surface area contributed by atoms with Crippen molar-refractivity contribution in [3.05, 3.63) is 63.1 Å². The van der Waals surface area contributed by atoms with Crippen molar-refractivity contribution in [1.82, 2.24) is 4.57 Å². The number of sulfone groups is 1. The lowest BCUT2D eigenvalue weighted by Crippen LogP contribution is -2.16. The Bertz CT molecular complexity index is 1430. The molecule has 5 nitrogen and oxygen atoms in total. The summed E-state index contributed by atoms with van der Waals surface area (Å²) in [5, 5.41) is 5.34. The SMILES string of the molecule is [2H]OC(=O)C[C@H]1CC(C)c2c1n(C(C)c1ccc(Cl)cc1C)c1c(S(C)(=O)=O)c(C)c(F)cc21. The Balaban J connectivity index is 2.15. The van der Waals surface area contributed by atoms with Crippen LogP contribution in [0.2, 0.25) is 5.02 Å². The third-order valence-corrected chi connectivity index (χ3v) is 8.35. The molecule has 0 saturated heterocycles. The zero-order chi connectivity index (χ0) is 25.1. The van der Waals surface area contributed by atoms with Crippen LogP contribution in [0.5, 0.6) is 0 Å². The highest BCUT2D eigenvalue weighted by molar-refractivity contribution is 7.91. The zero-order valence-electron chi connectivity index (χ0n) is 20.2. The van der Waals surface area contributed by atoms with Crippen LogP contribution in [-0.4, -0.2) is 30.3 Å². The number of hydrogen-bond acceptors (Lipinski definition) is 4. The molecule has 1 N–H and O–H groups in total. The minimum absolute atomic E-state index is 0.0147. The number of rotatable bonds is 5. The standard InChI is InChI=1S/C25H27ClFNO4S/c1-12-9-17(26)6-7-18(12)15(4)28-23-16(10-21(29)30)8-13(2)22(23)19-11-20(27)14(3)25(24(19)28)33(5,31)32/h6-7,9,11,13,15-16H,8,10H2,1-5H3,(H,29,30)/t13?,15?,16-/m1/s1/i/hD. The topological polar surface area (TPSA) is 76.4 Å². The predicted octanol–water partition coefficient (Wildman–Crippen LogP) is 6.13. The molecule has 1 aromatic heterocycles. The second-order valence-electron chi connectivity index (χ2n) is 9.24. The molecule has 2 aromatic carbocycles. The number of aryl methyl sites for hydroxylation is 1. The molecular weight excluding hydrogens is 465 g/mol. The third-order valence-electron chi connectivity index (χ3n) is 6.88. The summed E-state index contributed by atoms with van der Waals surface area (Å²) in [6, 6.07) is 6.62. The quantitative estimate of drug-likeness (QED) is 0.465. The summed E-state index contributed by atoms with van der Waals surface area (Å²) in [6.45, 7) is 7.36. The molecule has 0 spiro atoms. The van der Waals surface area contributed by atoms with Gasteiger partial charge >= 0.3 is 5.97 Å². The van der Waals surface area contributed by atoms with E-state index < -0.39 is 21.6 Å². The van der Waals surface area contributed by atoms with E-state index in [1.807, 2.05) is 37.5 Å². The molecule has 1 aliphatic rings. The maximum Gasteiger partial charge on any atom is 0.304 e. The molecule has 176 valence electrons. The number of carboxylic acids is 1. The minimum Gasteiger partial charge on any atom is -0.481 e. The Morgan fingerprint density at radius 2 is 2.06 bits per heavy atom. The molecule has 3 atom stereocenters. The molecular formula is C25H27ClFNO4S. The van der Waals surface area contributed by atoms with Crippen molar-refractivity contribution in [2.75, 3.05) is 6.26 Å². The first-order valence-electron chi connectivity index (χ1n) is 11.3. The monoisotopic (exact) mass is 492 g/mol. The van der Waals surface area contributed by atoms with Crippen LogP contribution >= 0.6 is 11.6 Å². The minimum atomic E-state index is -3.79. The Hall–Kier alpha value is -2.38. The van der Waals surface area contributed by atoms with Crippen molar-refractivity contribution in [2.45, 2.75) is 63.3 Å². The second kappa shape index (κ2) is 8.13. The Kier molecular flexibility index (Phi) is 5.52. The van der Waals surface area contributed by atoms with Gasteiger partial charge in [0.15, 0.2) is 9.84 Å². The number of nitrogens with zero attached hydrogens (tertiary/aromatic N) is 1. The van der Waals surface area contributed by atoms with E-state index in [1.165, 1.54) is 13.0 Å². The van der Waals surface area contributed by atoms with Gasteiger partial charge < -0.3 is 9.68 Å². The number of halogens is 2. The average molecular weight is 493 g/mol. The van der Waals surface area contributed by atoms with Crippen LogP contribution < -0.4 is 0 Å². The van der Waals surface area contributed by atoms with Crippen molar-refractivity contribution in [3.8, 4) is 0 Å². The van der Waals surface area contributed by atoms with E-state index in [0.717, 1.165) is 28.6 Å². The fourth-order valence-corrected chi connectivity index (χ4v) is 7.06. The van der Waals surface area contributed by atoms with Crippen LogP contribution in [0.1, 0.15) is 72.5 Å². The number of hydrogen-bond donors (Lipinski definition) is 1. The molecule has 3 aromatic rings. The number of carboxylic acid groups (broad SMARTS) is 1. The highest BCUT2D eigenvalue weighted by Gasteiger charge is 2.39. The maximum atomic E-state index is 15.1. The first-order chi connectivity index (χ1) is 15.9. The first-order valence-corrected chi connectivity index (χ1v) is 13.1. The normalized spacial score (nSPS) is 19.4. The highest BCUT2D eigenvalue weighted by atomic mass is 35.5. The molecule has 1 heterocycles. The first kappa shape index (κ1) is 22.4. The summed E-state index contributed by atoms with van der Waals surface area (Å²) in [4.78, 5) is 12.0. The summed E-state index contributed by atoms with van der Waals surface area (Å²) in [6.07, 6.45) is 1.69. The third kappa shape index (κ3) is 3.85. The van der Waals surface area contributed by atoms with E-state index in [0.29, 0.717) is 22.3 Å². The van der Waals surface area contributed by atoms with Crippen molar-refractivity contribution in [2.24, 2.45) is 0 Å². The maximum absolute atomic E-state index is 15.1. The highest BCUT2D eigenvalue weighted by Crippen LogP contribution is 2.51. The Morgan fingerprint density at radius 1 is 1.36 bits per heavy atom. The van der Waals surface area contributed by atoms with Crippen LogP contribution in [0.25, 0.3) is 12.3 Å². The number of aliphatic carboxylic acids is 1. The van der Waals surface area contributed by atoms with Crippen LogP contribution in [0.3, 0.4) is 0 Å². The zero-order valence-corrected chi connectivity index (χ0v) is 20.8. The molecule has 0 radical (unpaired) electrons. The fraction of sp³-hybridized carbons (Fsp3) is 0.400. The van der Waals surface area contributed by atoms with E-state index in [4.69, 9.17) is 13.0 Å². The number of fused-ring (bicyclic) bond motifs is 3. The summed E-state index contributed by atoms with van der Waals surface area (Å²) in [5.41, 5.74) is 4.03. The molecule has 0 bridgehead atoms. The van der Waals surface area contributed by atoms with Gasteiger partial charge in [0.2, 0.25) is 0 Å². The number of aromatic nitrogens is 1. The second-order valence-corrected chi connectivity index (χ2v) is 11.6. The van der Waals surface area contributed by atoms with E-state index in [2.05, 4.69) is 5.11 Å². The van der Waals surface area contributed by atoms with E-state index >= 15 is 4.39 Å². The van der Waals surface area contributed by atoms with E-state index in [-0.39, 0.29) is 34.8 Å². The van der Waals surface area contributed by atoms with Gasteiger partial charge in [-0.2, -0.15) is 0 Å². The largest absolute Gasteiger partial charge is 0.481 e. The molecule has 0 aliphatic heterocycles. The molecule has 0 amide bonds. The Morgan fingerprint density at radius 3 is 2.67 bits per heavy atom. The van der Waals surface area contributed by atoms with E-state index in [1.54, 1.807) is 6.07 Å². The summed E-state index contributed by atoms with van der Waals surface area (Å²) < 4.78 is 49.9. The lowest BCUT2D eigenvalue weighted by atomic mass is 9.97. The van der Waals surface area contributed by atoms with Gasteiger partial charge in [0, 0.05) is 33.8 Å². The molecule has 2 unspecified atom stereocenters. The van der Waals surface area contributed by atoms with Crippen LogP contribution in [-0.2, 0) is 14.6 Å². The van der Waals surface area contributed by atoms with Crippen molar-refractivity contribution < 1.29 is 22.7 Å². The average Bonchev–Trinajstić information content (AvgIpc) is 3.22. The van der Waals surface area contributed by atoms with Crippen LogP contribution in [0.15, 0.2) is 29.2 Å².